The van der Waals surface area contributed by atoms with Gasteiger partial charge in [-0.2, -0.15) is 0 Å². The predicted molar refractivity (Wildman–Crippen MR) is 70.2 cm³/mol. The van der Waals surface area contributed by atoms with E-state index < -0.39 is 0 Å². The second-order valence-corrected chi connectivity index (χ2v) is 5.33. The highest BCUT2D eigenvalue weighted by atomic mass is 16.2. The van der Waals surface area contributed by atoms with Crippen LogP contribution < -0.4 is 10.6 Å². The molecule has 1 aliphatic carbocycles. The molecule has 1 aliphatic heterocycles. The third-order valence-corrected chi connectivity index (χ3v) is 4.13. The number of hydrogen-bond acceptors (Lipinski definition) is 3. The summed E-state index contributed by atoms with van der Waals surface area (Å²) in [4.78, 5) is 16.1. The summed E-state index contributed by atoms with van der Waals surface area (Å²) < 4.78 is 0. The van der Waals surface area contributed by atoms with Gasteiger partial charge in [-0.25, -0.2) is 0 Å². The van der Waals surface area contributed by atoms with E-state index in [0.29, 0.717) is 12.0 Å². The number of hydrogen-bond donors (Lipinski definition) is 2. The first kappa shape index (κ1) is 11.7. The molecular weight excluding hydrogens is 226 g/mol. The second-order valence-electron chi connectivity index (χ2n) is 5.33. The molecular formula is C14H19N3O. The summed E-state index contributed by atoms with van der Waals surface area (Å²) in [5, 5.41) is 6.44. The summed E-state index contributed by atoms with van der Waals surface area (Å²) in [5.74, 6) is 0.794. The average molecular weight is 245 g/mol. The Morgan fingerprint density at radius 1 is 1.28 bits per heavy atom. The molecule has 0 aromatic carbocycles. The van der Waals surface area contributed by atoms with E-state index in [4.69, 9.17) is 0 Å². The Kier molecular flexibility index (Phi) is 3.28. The van der Waals surface area contributed by atoms with Gasteiger partial charge in [-0.05, 0) is 37.3 Å². The van der Waals surface area contributed by atoms with Gasteiger partial charge in [0.25, 0.3) is 0 Å². The Labute approximate surface area is 107 Å². The lowest BCUT2D eigenvalue weighted by Crippen LogP contribution is -2.39. The molecule has 3 atom stereocenters. The fraction of sp³-hybridized carbons (Fsp3) is 0.571. The van der Waals surface area contributed by atoms with Gasteiger partial charge >= 0.3 is 0 Å². The second kappa shape index (κ2) is 5.06. The quantitative estimate of drug-likeness (QED) is 0.837. The Balaban J connectivity index is 1.60. The van der Waals surface area contributed by atoms with Crippen molar-refractivity contribution in [1.29, 1.82) is 0 Å². The Bertz CT molecular complexity index is 406. The molecule has 0 spiro atoms. The summed E-state index contributed by atoms with van der Waals surface area (Å²) in [6.45, 7) is 0. The fourth-order valence-electron chi connectivity index (χ4n) is 3.19. The van der Waals surface area contributed by atoms with Crippen molar-refractivity contribution in [2.24, 2.45) is 5.92 Å². The molecule has 2 heterocycles. The van der Waals surface area contributed by atoms with Crippen LogP contribution in [0.2, 0.25) is 0 Å². The smallest absolute Gasteiger partial charge is 0.241 e. The molecule has 0 bridgehead atoms. The van der Waals surface area contributed by atoms with Crippen LogP contribution in [0.25, 0.3) is 0 Å². The normalized spacial score (nSPS) is 30.8. The number of pyridine rings is 1. The Hall–Kier alpha value is -1.42. The van der Waals surface area contributed by atoms with E-state index in [-0.39, 0.29) is 11.9 Å². The number of carbonyl (C=O) groups is 1. The third kappa shape index (κ3) is 2.38. The minimum atomic E-state index is -0.0220. The van der Waals surface area contributed by atoms with Crippen LogP contribution in [0.3, 0.4) is 0 Å². The van der Waals surface area contributed by atoms with E-state index in [1.54, 1.807) is 12.4 Å². The molecule has 0 radical (unpaired) electrons. The first-order valence-electron chi connectivity index (χ1n) is 6.80. The molecule has 1 amide bonds. The lowest BCUT2D eigenvalue weighted by Gasteiger charge is -2.24. The zero-order valence-electron chi connectivity index (χ0n) is 10.4. The molecule has 1 saturated carbocycles. The molecule has 2 aliphatic rings. The van der Waals surface area contributed by atoms with Crippen molar-refractivity contribution in [2.75, 3.05) is 5.32 Å². The van der Waals surface area contributed by atoms with Gasteiger partial charge in [0.1, 0.15) is 0 Å². The molecule has 4 nitrogen and oxygen atoms in total. The van der Waals surface area contributed by atoms with E-state index in [0.717, 1.165) is 12.1 Å². The number of amides is 1. The largest absolute Gasteiger partial charge is 0.325 e. The van der Waals surface area contributed by atoms with Crippen LogP contribution in [0.15, 0.2) is 24.5 Å². The van der Waals surface area contributed by atoms with Crippen LogP contribution in [0.1, 0.15) is 32.1 Å². The van der Waals surface area contributed by atoms with Gasteiger partial charge in [-0.15, -0.1) is 0 Å². The zero-order valence-corrected chi connectivity index (χ0v) is 10.4. The highest BCUT2D eigenvalue weighted by Crippen LogP contribution is 2.33. The topological polar surface area (TPSA) is 54.0 Å². The lowest BCUT2D eigenvalue weighted by molar-refractivity contribution is -0.117. The Morgan fingerprint density at radius 3 is 2.83 bits per heavy atom. The van der Waals surface area contributed by atoms with Crippen molar-refractivity contribution in [2.45, 2.75) is 44.2 Å². The standard InChI is InChI=1S/C14H19N3O/c18-14(16-11-5-7-15-8-6-11)13-9-10-3-1-2-4-12(10)17-13/h5-8,10,12-13,17H,1-4,9H2,(H,15,16,18). The van der Waals surface area contributed by atoms with Gasteiger partial charge in [-0.1, -0.05) is 12.8 Å². The van der Waals surface area contributed by atoms with Crippen LogP contribution >= 0.6 is 0 Å². The molecule has 18 heavy (non-hydrogen) atoms. The fourth-order valence-corrected chi connectivity index (χ4v) is 3.19. The maximum atomic E-state index is 12.2. The number of fused-ring (bicyclic) bond motifs is 1. The molecule has 3 rings (SSSR count). The van der Waals surface area contributed by atoms with Gasteiger partial charge < -0.3 is 10.6 Å². The first-order valence-corrected chi connectivity index (χ1v) is 6.80. The van der Waals surface area contributed by atoms with Crippen molar-refractivity contribution in [3.8, 4) is 0 Å². The van der Waals surface area contributed by atoms with Crippen LogP contribution in [0.4, 0.5) is 5.69 Å². The summed E-state index contributed by atoms with van der Waals surface area (Å²) in [6, 6.07) is 4.18. The lowest BCUT2D eigenvalue weighted by atomic mass is 9.85. The van der Waals surface area contributed by atoms with Gasteiger partial charge in [0.05, 0.1) is 6.04 Å². The molecule has 3 unspecified atom stereocenters. The molecule has 2 fully saturated rings. The van der Waals surface area contributed by atoms with Crippen molar-refractivity contribution < 1.29 is 4.79 Å². The molecule has 96 valence electrons. The average Bonchev–Trinajstić information content (AvgIpc) is 2.84. The van der Waals surface area contributed by atoms with Crippen molar-refractivity contribution in [3.05, 3.63) is 24.5 Å². The third-order valence-electron chi connectivity index (χ3n) is 4.13. The molecule has 1 aromatic heterocycles. The first-order chi connectivity index (χ1) is 8.83. The minimum Gasteiger partial charge on any atom is -0.325 e. The highest BCUT2D eigenvalue weighted by molar-refractivity contribution is 5.95. The van der Waals surface area contributed by atoms with Crippen LogP contribution in [0.5, 0.6) is 0 Å². The molecule has 1 saturated heterocycles. The maximum absolute atomic E-state index is 12.2. The maximum Gasteiger partial charge on any atom is 0.241 e. The Morgan fingerprint density at radius 2 is 2.06 bits per heavy atom. The van der Waals surface area contributed by atoms with Gasteiger partial charge in [0.15, 0.2) is 0 Å². The summed E-state index contributed by atoms with van der Waals surface area (Å²) >= 11 is 0. The van der Waals surface area contributed by atoms with Crippen molar-refractivity contribution in [3.63, 3.8) is 0 Å². The van der Waals surface area contributed by atoms with Crippen molar-refractivity contribution >= 4 is 11.6 Å². The van der Waals surface area contributed by atoms with E-state index in [9.17, 15) is 4.79 Å². The van der Waals surface area contributed by atoms with E-state index in [1.807, 2.05) is 12.1 Å². The van der Waals surface area contributed by atoms with Gasteiger partial charge in [-0.3, -0.25) is 9.78 Å². The number of nitrogens with zero attached hydrogens (tertiary/aromatic N) is 1. The number of rotatable bonds is 2. The number of nitrogens with one attached hydrogen (secondary N) is 2. The number of anilines is 1. The summed E-state index contributed by atoms with van der Waals surface area (Å²) in [7, 11) is 0. The monoisotopic (exact) mass is 245 g/mol. The van der Waals surface area contributed by atoms with Gasteiger partial charge in [0.2, 0.25) is 5.91 Å². The van der Waals surface area contributed by atoms with E-state index in [1.165, 1.54) is 25.7 Å². The minimum absolute atomic E-state index is 0.0220. The van der Waals surface area contributed by atoms with Crippen LogP contribution in [0, 0.1) is 5.92 Å². The van der Waals surface area contributed by atoms with Crippen LogP contribution in [-0.2, 0) is 4.79 Å². The molecule has 4 heteroatoms. The van der Waals surface area contributed by atoms with Gasteiger partial charge in [0, 0.05) is 24.1 Å². The van der Waals surface area contributed by atoms with Crippen molar-refractivity contribution in [1.82, 2.24) is 10.3 Å². The summed E-state index contributed by atoms with van der Waals surface area (Å²) in [6.07, 6.45) is 9.49. The highest BCUT2D eigenvalue weighted by Gasteiger charge is 2.38. The predicted octanol–water partition coefficient (Wildman–Crippen LogP) is 1.94. The molecule has 1 aromatic rings. The number of aromatic nitrogens is 1. The summed E-state index contributed by atoms with van der Waals surface area (Å²) in [5.41, 5.74) is 0.826. The van der Waals surface area contributed by atoms with E-state index in [2.05, 4.69) is 15.6 Å². The SMILES string of the molecule is O=C(Nc1ccncc1)C1CC2CCCCC2N1. The van der Waals surface area contributed by atoms with Crippen LogP contribution in [-0.4, -0.2) is 23.0 Å². The molecule has 2 N–H and O–H groups in total. The number of carbonyl (C=O) groups excluding carboxylic acids is 1. The van der Waals surface area contributed by atoms with E-state index >= 15 is 0 Å². The zero-order chi connectivity index (χ0) is 12.4.